The molecule has 10 heteroatoms. The second-order valence-electron chi connectivity index (χ2n) is 10.7. The van der Waals surface area contributed by atoms with Crippen molar-refractivity contribution in [2.75, 3.05) is 64.1 Å². The molecule has 38 heavy (non-hydrogen) atoms. The van der Waals surface area contributed by atoms with E-state index in [1.807, 2.05) is 6.07 Å². The van der Waals surface area contributed by atoms with E-state index in [9.17, 15) is 14.3 Å². The van der Waals surface area contributed by atoms with Crippen LogP contribution in [0.4, 0.5) is 10.1 Å². The third-order valence-corrected chi connectivity index (χ3v) is 7.74. The van der Waals surface area contributed by atoms with Crippen molar-refractivity contribution in [3.8, 4) is 5.88 Å². The van der Waals surface area contributed by atoms with Crippen LogP contribution in [0.1, 0.15) is 25.0 Å². The Labute approximate surface area is 223 Å². The molecular formula is C28H38FN5O4. The van der Waals surface area contributed by atoms with E-state index in [1.165, 1.54) is 12.1 Å². The molecule has 3 aliphatic heterocycles. The van der Waals surface area contributed by atoms with Crippen molar-refractivity contribution in [1.82, 2.24) is 20.1 Å². The zero-order valence-electron chi connectivity index (χ0n) is 22.2. The normalized spacial score (nSPS) is 26.6. The highest BCUT2D eigenvalue weighted by Crippen LogP contribution is 2.33. The number of aliphatic hydroxyl groups excluding tert-OH is 1. The number of aliphatic hydroxyl groups is 1. The third kappa shape index (κ3) is 6.16. The van der Waals surface area contributed by atoms with E-state index in [2.05, 4.69) is 33.9 Å². The predicted octanol–water partition coefficient (Wildman–Crippen LogP) is 1.28. The highest BCUT2D eigenvalue weighted by molar-refractivity contribution is 5.97. The van der Waals surface area contributed by atoms with Gasteiger partial charge in [0.05, 0.1) is 32.4 Å². The molecule has 206 valence electrons. The summed E-state index contributed by atoms with van der Waals surface area (Å²) in [5.41, 5.74) is 2.39. The Morgan fingerprint density at radius 3 is 2.74 bits per heavy atom. The molecule has 9 nitrogen and oxygen atoms in total. The number of halogens is 1. The lowest BCUT2D eigenvalue weighted by Gasteiger charge is -2.44. The Kier molecular flexibility index (Phi) is 8.54. The number of carbonyl (C=O) groups is 1. The molecule has 2 aromatic rings. The number of amides is 1. The lowest BCUT2D eigenvalue weighted by molar-refractivity contribution is -0.122. The van der Waals surface area contributed by atoms with Crippen LogP contribution in [0, 0.1) is 5.82 Å². The van der Waals surface area contributed by atoms with Crippen molar-refractivity contribution < 1.29 is 23.8 Å². The van der Waals surface area contributed by atoms with Crippen molar-refractivity contribution in [3.05, 3.63) is 53.5 Å². The molecule has 3 aliphatic rings. The lowest BCUT2D eigenvalue weighted by Crippen LogP contribution is -2.63. The lowest BCUT2D eigenvalue weighted by atomic mass is 10.0. The topological polar surface area (TPSA) is 90.4 Å². The summed E-state index contributed by atoms with van der Waals surface area (Å²) < 4.78 is 24.8. The molecule has 4 heterocycles. The van der Waals surface area contributed by atoms with Crippen molar-refractivity contribution in [1.29, 1.82) is 0 Å². The highest BCUT2D eigenvalue weighted by atomic mass is 19.1. The van der Waals surface area contributed by atoms with Crippen molar-refractivity contribution in [2.24, 2.45) is 0 Å². The van der Waals surface area contributed by atoms with Crippen LogP contribution < -0.4 is 15.0 Å². The van der Waals surface area contributed by atoms with Gasteiger partial charge in [-0.05, 0) is 49.6 Å². The first-order valence-electron chi connectivity index (χ1n) is 13.5. The Morgan fingerprint density at radius 2 is 1.97 bits per heavy atom. The van der Waals surface area contributed by atoms with Gasteiger partial charge in [-0.3, -0.25) is 19.5 Å². The molecule has 4 atom stereocenters. The number of piperazine rings is 1. The van der Waals surface area contributed by atoms with Gasteiger partial charge in [-0.1, -0.05) is 12.1 Å². The quantitative estimate of drug-likeness (QED) is 0.557. The van der Waals surface area contributed by atoms with E-state index >= 15 is 0 Å². The number of nitrogens with one attached hydrogen (secondary N) is 1. The summed E-state index contributed by atoms with van der Waals surface area (Å²) in [6.07, 6.45) is 2.27. The maximum atomic E-state index is 13.9. The Morgan fingerprint density at radius 1 is 1.16 bits per heavy atom. The first-order chi connectivity index (χ1) is 18.4. The van der Waals surface area contributed by atoms with Gasteiger partial charge in [0.2, 0.25) is 11.8 Å². The van der Waals surface area contributed by atoms with Crippen molar-refractivity contribution >= 4 is 11.6 Å². The molecule has 1 amide bonds. The number of pyridine rings is 1. The number of fused-ring (bicyclic) bond motifs is 1. The van der Waals surface area contributed by atoms with Gasteiger partial charge in [0.1, 0.15) is 18.1 Å². The average molecular weight is 528 g/mol. The first kappa shape index (κ1) is 27.0. The van der Waals surface area contributed by atoms with Crippen LogP contribution in [0.3, 0.4) is 0 Å². The van der Waals surface area contributed by atoms with Crippen LogP contribution >= 0.6 is 0 Å². The molecule has 1 aromatic carbocycles. The number of carbonyl (C=O) groups excluding carboxylic acids is 1. The molecule has 0 aliphatic carbocycles. The van der Waals surface area contributed by atoms with Crippen molar-refractivity contribution in [3.63, 3.8) is 0 Å². The standard InChI is InChI=1S/C28H38FN5O4/c1-19-13-33(24(12-30-19)14-32-7-8-37-17-20(32)2)15-27(36)34-25(16-35)18-38-28-26(34)10-22(11-31-28)9-21-3-5-23(29)6-4-21/h3-6,10-11,19-20,24-25,30,35H,7-9,12-18H2,1-2H3/t19-,20-,24-,25?/m1/s1. The molecule has 0 spiro atoms. The molecule has 5 rings (SSSR count). The largest absolute Gasteiger partial charge is 0.474 e. The maximum absolute atomic E-state index is 13.9. The number of aromatic nitrogens is 1. The summed E-state index contributed by atoms with van der Waals surface area (Å²) in [7, 11) is 0. The van der Waals surface area contributed by atoms with Crippen LogP contribution in [0.2, 0.25) is 0 Å². The van der Waals surface area contributed by atoms with E-state index in [-0.39, 0.29) is 43.6 Å². The van der Waals surface area contributed by atoms with Crippen LogP contribution in [0.25, 0.3) is 0 Å². The number of hydrogen-bond acceptors (Lipinski definition) is 8. The number of nitrogens with zero attached hydrogens (tertiary/aromatic N) is 4. The van der Waals surface area contributed by atoms with E-state index in [0.29, 0.717) is 24.0 Å². The van der Waals surface area contributed by atoms with E-state index < -0.39 is 6.04 Å². The summed E-state index contributed by atoms with van der Waals surface area (Å²) in [5, 5.41) is 13.7. The van der Waals surface area contributed by atoms with Gasteiger partial charge in [-0.15, -0.1) is 0 Å². The third-order valence-electron chi connectivity index (χ3n) is 7.74. The van der Waals surface area contributed by atoms with Gasteiger partial charge < -0.3 is 19.9 Å². The predicted molar refractivity (Wildman–Crippen MR) is 142 cm³/mol. The second kappa shape index (κ2) is 12.0. The first-order valence-corrected chi connectivity index (χ1v) is 13.5. The number of benzene rings is 1. The molecule has 0 saturated carbocycles. The zero-order valence-corrected chi connectivity index (χ0v) is 22.2. The van der Waals surface area contributed by atoms with Gasteiger partial charge in [0.25, 0.3) is 0 Å². The fraction of sp³-hybridized carbons (Fsp3) is 0.571. The van der Waals surface area contributed by atoms with E-state index in [1.54, 1.807) is 23.2 Å². The SMILES string of the molecule is C[C@@H]1CN(CC(=O)N2c3cc(Cc4ccc(F)cc4)cnc3OCC2CO)[C@@H](CN2CCOC[C@H]2C)CN1. The molecule has 2 fully saturated rings. The van der Waals surface area contributed by atoms with Crippen molar-refractivity contribution in [2.45, 2.75) is 44.4 Å². The molecular weight excluding hydrogens is 489 g/mol. The number of hydrogen-bond donors (Lipinski definition) is 2. The monoisotopic (exact) mass is 527 g/mol. The second-order valence-corrected chi connectivity index (χ2v) is 10.7. The van der Waals surface area contributed by atoms with Gasteiger partial charge >= 0.3 is 0 Å². The molecule has 0 bridgehead atoms. The van der Waals surface area contributed by atoms with E-state index in [0.717, 1.165) is 50.5 Å². The number of rotatable bonds is 7. The van der Waals surface area contributed by atoms with Crippen LogP contribution in [0.5, 0.6) is 5.88 Å². The Hall–Kier alpha value is -2.63. The minimum Gasteiger partial charge on any atom is -0.474 e. The highest BCUT2D eigenvalue weighted by Gasteiger charge is 2.37. The van der Waals surface area contributed by atoms with Gasteiger partial charge in [0.15, 0.2) is 0 Å². The number of anilines is 1. The van der Waals surface area contributed by atoms with Gasteiger partial charge in [-0.25, -0.2) is 9.37 Å². The van der Waals surface area contributed by atoms with E-state index in [4.69, 9.17) is 9.47 Å². The van der Waals surface area contributed by atoms with Crippen LogP contribution in [0.15, 0.2) is 36.5 Å². The van der Waals surface area contributed by atoms with Crippen LogP contribution in [-0.4, -0.2) is 109 Å². The number of morpholine rings is 1. The maximum Gasteiger partial charge on any atom is 0.241 e. The summed E-state index contributed by atoms with van der Waals surface area (Å²) in [5.74, 6) is 0.0265. The van der Waals surface area contributed by atoms with Crippen LogP contribution in [-0.2, 0) is 16.0 Å². The fourth-order valence-electron chi connectivity index (χ4n) is 5.58. The smallest absolute Gasteiger partial charge is 0.241 e. The minimum atomic E-state index is -0.490. The summed E-state index contributed by atoms with van der Waals surface area (Å²) in [6.45, 7) is 9.33. The molecule has 0 radical (unpaired) electrons. The summed E-state index contributed by atoms with van der Waals surface area (Å²) >= 11 is 0. The van der Waals surface area contributed by atoms with Gasteiger partial charge in [-0.2, -0.15) is 0 Å². The zero-order chi connectivity index (χ0) is 26.6. The number of ether oxygens (including phenoxy) is 2. The molecule has 2 saturated heterocycles. The van der Waals surface area contributed by atoms with Gasteiger partial charge in [0, 0.05) is 50.5 Å². The molecule has 1 unspecified atom stereocenters. The average Bonchev–Trinajstić information content (AvgIpc) is 2.92. The fourth-order valence-corrected chi connectivity index (χ4v) is 5.58. The summed E-state index contributed by atoms with van der Waals surface area (Å²) in [4.78, 5) is 24.8. The molecule has 2 N–H and O–H groups in total. The molecule has 1 aromatic heterocycles. The summed E-state index contributed by atoms with van der Waals surface area (Å²) in [6, 6.07) is 8.57. The Balaban J connectivity index is 1.35. The Bertz CT molecular complexity index is 1100. The minimum absolute atomic E-state index is 0.0801.